The van der Waals surface area contributed by atoms with Crippen LogP contribution in [0.1, 0.15) is 22.8 Å². The van der Waals surface area contributed by atoms with E-state index < -0.39 is 18.0 Å². The summed E-state index contributed by atoms with van der Waals surface area (Å²) in [5.74, 6) is -0.464. The van der Waals surface area contributed by atoms with Crippen LogP contribution in [-0.4, -0.2) is 41.5 Å². The van der Waals surface area contributed by atoms with E-state index >= 15 is 0 Å². The molecule has 3 aromatic carbocycles. The molecule has 1 fully saturated rings. The maximum atomic E-state index is 14.9. The van der Waals surface area contributed by atoms with Crippen molar-refractivity contribution in [1.82, 2.24) is 4.90 Å². The molecule has 30 heavy (non-hydrogen) atoms. The Morgan fingerprint density at radius 1 is 1.00 bits per heavy atom. The van der Waals surface area contributed by atoms with Gasteiger partial charge < -0.3 is 14.7 Å². The Bertz CT molecular complexity index is 1010. The molecule has 4 rings (SSSR count). The van der Waals surface area contributed by atoms with Gasteiger partial charge in [0.05, 0.1) is 24.6 Å². The second kappa shape index (κ2) is 8.88. The van der Waals surface area contributed by atoms with Gasteiger partial charge in [-0.05, 0) is 12.1 Å². The summed E-state index contributed by atoms with van der Waals surface area (Å²) in [4.78, 5) is 17.2. The molecule has 1 atom stereocenters. The molecular weight excluding hydrogens is 383 g/mol. The van der Waals surface area contributed by atoms with Crippen molar-refractivity contribution >= 4 is 17.5 Å². The molecule has 0 aromatic heterocycles. The smallest absolute Gasteiger partial charge is 0.407 e. The zero-order chi connectivity index (χ0) is 20.9. The highest BCUT2D eigenvalue weighted by atomic mass is 19.1. The highest BCUT2D eigenvalue weighted by molar-refractivity contribution is 6.13. The van der Waals surface area contributed by atoms with E-state index in [2.05, 4.69) is 0 Å². The van der Waals surface area contributed by atoms with Crippen molar-refractivity contribution in [2.24, 2.45) is 4.99 Å². The third kappa shape index (κ3) is 4.39. The third-order valence-electron chi connectivity index (χ3n) is 5.00. The van der Waals surface area contributed by atoms with Crippen molar-refractivity contribution in [3.63, 3.8) is 0 Å². The number of nitrogens with zero attached hydrogens (tertiary/aromatic N) is 2. The minimum Gasteiger partial charge on any atom is -0.465 e. The summed E-state index contributed by atoms with van der Waals surface area (Å²) < 4.78 is 20.5. The van der Waals surface area contributed by atoms with Gasteiger partial charge >= 0.3 is 6.09 Å². The first-order valence-electron chi connectivity index (χ1n) is 9.70. The molecule has 1 amide bonds. The number of carboxylic acid groups (broad SMARTS) is 1. The van der Waals surface area contributed by atoms with Crippen LogP contribution in [0.5, 0.6) is 0 Å². The molecule has 0 bridgehead atoms. The van der Waals surface area contributed by atoms with Gasteiger partial charge in [0.25, 0.3) is 0 Å². The zero-order valence-corrected chi connectivity index (χ0v) is 16.2. The lowest BCUT2D eigenvalue weighted by Crippen LogP contribution is -2.41. The Morgan fingerprint density at radius 2 is 1.63 bits per heavy atom. The van der Waals surface area contributed by atoms with E-state index in [1.165, 1.54) is 11.0 Å². The molecule has 5 nitrogen and oxygen atoms in total. The monoisotopic (exact) mass is 404 g/mol. The van der Waals surface area contributed by atoms with Gasteiger partial charge in [-0.1, -0.05) is 66.7 Å². The van der Waals surface area contributed by atoms with Gasteiger partial charge in [0.2, 0.25) is 0 Å². The third-order valence-corrected chi connectivity index (χ3v) is 5.00. The van der Waals surface area contributed by atoms with E-state index in [0.717, 1.165) is 16.8 Å². The van der Waals surface area contributed by atoms with Gasteiger partial charge in [0.15, 0.2) is 0 Å². The van der Waals surface area contributed by atoms with E-state index in [0.29, 0.717) is 11.3 Å². The van der Waals surface area contributed by atoms with Crippen LogP contribution >= 0.6 is 0 Å². The highest BCUT2D eigenvalue weighted by Gasteiger charge is 2.27. The minimum absolute atomic E-state index is 0.105. The maximum Gasteiger partial charge on any atom is 0.407 e. The van der Waals surface area contributed by atoms with Gasteiger partial charge in [-0.2, -0.15) is 0 Å². The molecule has 1 aliphatic heterocycles. The fourth-order valence-electron chi connectivity index (χ4n) is 3.47. The molecule has 1 saturated heterocycles. The first kappa shape index (κ1) is 19.8. The van der Waals surface area contributed by atoms with E-state index in [9.17, 15) is 14.3 Å². The van der Waals surface area contributed by atoms with Crippen LogP contribution in [0.15, 0.2) is 83.9 Å². The van der Waals surface area contributed by atoms with E-state index in [1.54, 1.807) is 12.1 Å². The standard InChI is InChI=1S/C24H21FN2O3/c25-21-15-19(11-12-20(21)22-16-27(24(28)29)13-14-30-22)26-23(17-7-3-1-4-8-17)18-9-5-2-6-10-18/h1-12,15,22H,13-14,16H2,(H,28,29). The number of aliphatic imine (C=N–C) groups is 1. The second-order valence-corrected chi connectivity index (χ2v) is 6.99. The summed E-state index contributed by atoms with van der Waals surface area (Å²) in [6.45, 7) is 0.629. The number of benzene rings is 3. The number of ether oxygens (including phenoxy) is 1. The normalized spacial score (nSPS) is 16.2. The van der Waals surface area contributed by atoms with Gasteiger partial charge in [0, 0.05) is 23.2 Å². The van der Waals surface area contributed by atoms with Crippen LogP contribution in [-0.2, 0) is 4.74 Å². The Kier molecular flexibility index (Phi) is 5.86. The van der Waals surface area contributed by atoms with Crippen LogP contribution in [0.2, 0.25) is 0 Å². The molecule has 0 spiro atoms. The first-order chi connectivity index (χ1) is 14.6. The molecule has 1 N–H and O–H groups in total. The number of hydrogen-bond donors (Lipinski definition) is 1. The van der Waals surface area contributed by atoms with Crippen LogP contribution in [0, 0.1) is 5.82 Å². The number of hydrogen-bond acceptors (Lipinski definition) is 3. The zero-order valence-electron chi connectivity index (χ0n) is 16.2. The van der Waals surface area contributed by atoms with Crippen molar-refractivity contribution in [3.05, 3.63) is 101 Å². The Labute approximate surface area is 174 Å². The molecule has 0 radical (unpaired) electrons. The predicted molar refractivity (Wildman–Crippen MR) is 113 cm³/mol. The Hall–Kier alpha value is -3.51. The average Bonchev–Trinajstić information content (AvgIpc) is 2.79. The van der Waals surface area contributed by atoms with Crippen molar-refractivity contribution in [3.8, 4) is 0 Å². The van der Waals surface area contributed by atoms with Gasteiger partial charge in [0.1, 0.15) is 11.9 Å². The summed E-state index contributed by atoms with van der Waals surface area (Å²) >= 11 is 0. The molecule has 3 aromatic rings. The van der Waals surface area contributed by atoms with Crippen LogP contribution in [0.3, 0.4) is 0 Å². The maximum absolute atomic E-state index is 14.9. The predicted octanol–water partition coefficient (Wildman–Crippen LogP) is 5.05. The lowest BCUT2D eigenvalue weighted by molar-refractivity contribution is -0.0247. The molecule has 1 heterocycles. The highest BCUT2D eigenvalue weighted by Crippen LogP contribution is 2.28. The Morgan fingerprint density at radius 3 is 2.20 bits per heavy atom. The molecular formula is C24H21FN2O3. The van der Waals surface area contributed by atoms with Crippen LogP contribution in [0.25, 0.3) is 0 Å². The van der Waals surface area contributed by atoms with E-state index in [4.69, 9.17) is 9.73 Å². The number of rotatable bonds is 4. The topological polar surface area (TPSA) is 62.1 Å². The lowest BCUT2D eigenvalue weighted by atomic mass is 10.0. The fourth-order valence-corrected chi connectivity index (χ4v) is 3.47. The Balaban J connectivity index is 1.67. The average molecular weight is 404 g/mol. The van der Waals surface area contributed by atoms with Crippen molar-refractivity contribution < 1.29 is 19.0 Å². The number of amides is 1. The molecule has 0 aliphatic carbocycles. The number of carbonyl (C=O) groups is 1. The van der Waals surface area contributed by atoms with E-state index in [-0.39, 0.29) is 19.7 Å². The molecule has 6 heteroatoms. The van der Waals surface area contributed by atoms with Crippen LogP contribution < -0.4 is 0 Å². The summed E-state index contributed by atoms with van der Waals surface area (Å²) in [5.41, 5.74) is 3.42. The minimum atomic E-state index is -1.03. The second-order valence-electron chi connectivity index (χ2n) is 6.99. The van der Waals surface area contributed by atoms with Gasteiger partial charge in [-0.15, -0.1) is 0 Å². The summed E-state index contributed by atoms with van der Waals surface area (Å²) in [6, 6.07) is 24.2. The summed E-state index contributed by atoms with van der Waals surface area (Å²) in [6.07, 6.45) is -1.66. The van der Waals surface area contributed by atoms with Crippen LogP contribution in [0.4, 0.5) is 14.9 Å². The van der Waals surface area contributed by atoms with Gasteiger partial charge in [-0.25, -0.2) is 14.2 Å². The molecule has 1 aliphatic rings. The lowest BCUT2D eigenvalue weighted by Gasteiger charge is -2.31. The number of halogens is 1. The molecule has 152 valence electrons. The molecule has 1 unspecified atom stereocenters. The largest absolute Gasteiger partial charge is 0.465 e. The SMILES string of the molecule is O=C(O)N1CCOC(c2ccc(N=C(c3ccccc3)c3ccccc3)cc2F)C1. The number of morpholine rings is 1. The van der Waals surface area contributed by atoms with Crippen molar-refractivity contribution in [2.75, 3.05) is 19.7 Å². The van der Waals surface area contributed by atoms with Crippen molar-refractivity contribution in [2.45, 2.75) is 6.10 Å². The van der Waals surface area contributed by atoms with Gasteiger partial charge in [-0.3, -0.25) is 0 Å². The quantitative estimate of drug-likeness (QED) is 0.619. The summed E-state index contributed by atoms with van der Waals surface area (Å²) in [5, 5.41) is 9.19. The molecule has 0 saturated carbocycles. The van der Waals surface area contributed by atoms with Crippen molar-refractivity contribution in [1.29, 1.82) is 0 Å². The fraction of sp³-hybridized carbons (Fsp3) is 0.167. The van der Waals surface area contributed by atoms with E-state index in [1.807, 2.05) is 60.7 Å². The summed E-state index contributed by atoms with van der Waals surface area (Å²) in [7, 11) is 0. The first-order valence-corrected chi connectivity index (χ1v) is 9.70.